The molecular weight excluding hydrogens is 224 g/mol. The highest BCUT2D eigenvalue weighted by atomic mass is 32.2. The molecule has 15 heavy (non-hydrogen) atoms. The van der Waals surface area contributed by atoms with E-state index in [1.54, 1.807) is 0 Å². The first-order valence-corrected chi connectivity index (χ1v) is 4.86. The van der Waals surface area contributed by atoms with Crippen LogP contribution in [0.3, 0.4) is 0 Å². The summed E-state index contributed by atoms with van der Waals surface area (Å²) in [5.41, 5.74) is -1.94. The molecule has 6 nitrogen and oxygen atoms in total. The molecule has 1 aliphatic rings. The number of rotatable bonds is 4. The molecule has 2 N–H and O–H groups in total. The van der Waals surface area contributed by atoms with Crippen LogP contribution in [-0.4, -0.2) is 47.2 Å². The molecule has 0 bridgehead atoms. The third-order valence-electron chi connectivity index (χ3n) is 2.13. The monoisotopic (exact) mass is 234 g/mol. The SMILES string of the molecule is COC1=CSC(C(=O)O)C1(OC)C(=O)O. The predicted molar refractivity (Wildman–Crippen MR) is 51.5 cm³/mol. The quantitative estimate of drug-likeness (QED) is 0.714. The Morgan fingerprint density at radius 3 is 2.40 bits per heavy atom. The molecule has 0 saturated heterocycles. The fourth-order valence-electron chi connectivity index (χ4n) is 1.39. The fraction of sp³-hybridized carbons (Fsp3) is 0.500. The van der Waals surface area contributed by atoms with Crippen LogP contribution in [0.5, 0.6) is 0 Å². The lowest BCUT2D eigenvalue weighted by Gasteiger charge is -2.28. The molecule has 1 heterocycles. The summed E-state index contributed by atoms with van der Waals surface area (Å²) in [6.07, 6.45) is 0. The molecule has 0 spiro atoms. The van der Waals surface area contributed by atoms with Crippen molar-refractivity contribution in [2.75, 3.05) is 14.2 Å². The fourth-order valence-corrected chi connectivity index (χ4v) is 2.54. The van der Waals surface area contributed by atoms with Crippen molar-refractivity contribution in [2.24, 2.45) is 0 Å². The number of methoxy groups -OCH3 is 2. The molecule has 2 unspecified atom stereocenters. The van der Waals surface area contributed by atoms with Crippen molar-refractivity contribution in [1.29, 1.82) is 0 Å². The van der Waals surface area contributed by atoms with Crippen LogP contribution in [0.25, 0.3) is 0 Å². The molecule has 0 fully saturated rings. The summed E-state index contributed by atoms with van der Waals surface area (Å²) in [6, 6.07) is 0. The van der Waals surface area contributed by atoms with Gasteiger partial charge < -0.3 is 19.7 Å². The summed E-state index contributed by atoms with van der Waals surface area (Å²) in [5, 5.41) is 18.1. The van der Waals surface area contributed by atoms with Crippen molar-refractivity contribution >= 4 is 23.7 Å². The number of carbonyl (C=O) groups is 2. The topological polar surface area (TPSA) is 93.1 Å². The first-order valence-electron chi connectivity index (χ1n) is 3.92. The molecule has 0 saturated carbocycles. The van der Waals surface area contributed by atoms with Gasteiger partial charge in [-0.1, -0.05) is 0 Å². The van der Waals surface area contributed by atoms with Gasteiger partial charge in [0.25, 0.3) is 0 Å². The van der Waals surface area contributed by atoms with Crippen LogP contribution in [0.2, 0.25) is 0 Å². The molecule has 0 aromatic heterocycles. The Balaban J connectivity index is 3.19. The highest BCUT2D eigenvalue weighted by Gasteiger charge is 2.58. The third-order valence-corrected chi connectivity index (χ3v) is 3.29. The normalized spacial score (nSPS) is 29.7. The van der Waals surface area contributed by atoms with Gasteiger partial charge in [0, 0.05) is 12.5 Å². The number of thioether (sulfide) groups is 1. The van der Waals surface area contributed by atoms with E-state index in [1.165, 1.54) is 12.5 Å². The average Bonchev–Trinajstić information content (AvgIpc) is 2.56. The second-order valence-electron chi connectivity index (χ2n) is 2.79. The zero-order chi connectivity index (χ0) is 11.6. The van der Waals surface area contributed by atoms with Crippen molar-refractivity contribution in [3.8, 4) is 0 Å². The minimum absolute atomic E-state index is 0.00472. The number of aliphatic carboxylic acids is 2. The van der Waals surface area contributed by atoms with Crippen molar-refractivity contribution in [3.05, 3.63) is 11.2 Å². The second kappa shape index (κ2) is 4.11. The van der Waals surface area contributed by atoms with Crippen LogP contribution >= 0.6 is 11.8 Å². The Hall–Kier alpha value is -1.21. The number of hydrogen-bond donors (Lipinski definition) is 2. The van der Waals surface area contributed by atoms with E-state index < -0.39 is 22.8 Å². The average molecular weight is 234 g/mol. The molecular formula is C8H10O6S. The molecule has 7 heteroatoms. The summed E-state index contributed by atoms with van der Waals surface area (Å²) >= 11 is 0.851. The Labute approximate surface area is 89.9 Å². The van der Waals surface area contributed by atoms with Crippen LogP contribution in [0.4, 0.5) is 0 Å². The second-order valence-corrected chi connectivity index (χ2v) is 3.76. The molecule has 0 amide bonds. The first kappa shape index (κ1) is 11.9. The smallest absolute Gasteiger partial charge is 0.345 e. The summed E-state index contributed by atoms with van der Waals surface area (Å²) in [5.74, 6) is -2.64. The minimum Gasteiger partial charge on any atom is -0.497 e. The van der Waals surface area contributed by atoms with Gasteiger partial charge in [-0.05, 0) is 0 Å². The molecule has 0 aromatic rings. The third kappa shape index (κ3) is 1.57. The number of ether oxygens (including phenoxy) is 2. The Morgan fingerprint density at radius 1 is 1.47 bits per heavy atom. The Kier molecular flexibility index (Phi) is 3.25. The number of carboxylic acids is 2. The van der Waals surface area contributed by atoms with Crippen LogP contribution in [-0.2, 0) is 19.1 Å². The van der Waals surface area contributed by atoms with Crippen LogP contribution in [0.15, 0.2) is 11.2 Å². The van der Waals surface area contributed by atoms with Gasteiger partial charge in [0.15, 0.2) is 5.25 Å². The Morgan fingerprint density at radius 2 is 2.07 bits per heavy atom. The summed E-state index contributed by atoms with van der Waals surface area (Å²) < 4.78 is 9.67. The molecule has 1 rings (SSSR count). The van der Waals surface area contributed by atoms with Gasteiger partial charge >= 0.3 is 11.9 Å². The molecule has 0 radical (unpaired) electrons. The minimum atomic E-state index is -1.94. The van der Waals surface area contributed by atoms with E-state index in [4.69, 9.17) is 19.7 Å². The standard InChI is InChI=1S/C8H10O6S/c1-13-4-3-15-5(6(9)10)8(4,14-2)7(11)12/h3,5H,1-2H3,(H,9,10)(H,11,12). The van der Waals surface area contributed by atoms with Crippen molar-refractivity contribution in [2.45, 2.75) is 10.9 Å². The van der Waals surface area contributed by atoms with E-state index in [-0.39, 0.29) is 5.76 Å². The van der Waals surface area contributed by atoms with E-state index in [0.29, 0.717) is 0 Å². The van der Waals surface area contributed by atoms with Gasteiger partial charge in [0.05, 0.1) is 7.11 Å². The van der Waals surface area contributed by atoms with Crippen molar-refractivity contribution in [3.63, 3.8) is 0 Å². The number of carboxylic acid groups (broad SMARTS) is 2. The highest BCUT2D eigenvalue weighted by molar-refractivity contribution is 8.03. The van der Waals surface area contributed by atoms with Crippen LogP contribution in [0.1, 0.15) is 0 Å². The van der Waals surface area contributed by atoms with E-state index in [9.17, 15) is 9.59 Å². The first-order chi connectivity index (χ1) is 7.00. The lowest BCUT2D eigenvalue weighted by molar-refractivity contribution is -0.166. The maximum absolute atomic E-state index is 11.1. The van der Waals surface area contributed by atoms with Gasteiger partial charge in [-0.2, -0.15) is 0 Å². The predicted octanol–water partition coefficient (Wildman–Crippen LogP) is 0.144. The van der Waals surface area contributed by atoms with E-state index >= 15 is 0 Å². The zero-order valence-corrected chi connectivity index (χ0v) is 8.91. The largest absolute Gasteiger partial charge is 0.497 e. The molecule has 0 aliphatic carbocycles. The zero-order valence-electron chi connectivity index (χ0n) is 8.09. The summed E-state index contributed by atoms with van der Waals surface area (Å²) in [4.78, 5) is 22.0. The van der Waals surface area contributed by atoms with Gasteiger partial charge in [0.1, 0.15) is 5.76 Å². The van der Waals surface area contributed by atoms with Gasteiger partial charge in [-0.3, -0.25) is 4.79 Å². The lowest BCUT2D eigenvalue weighted by atomic mass is 9.97. The van der Waals surface area contributed by atoms with Gasteiger partial charge in [-0.25, -0.2) is 4.79 Å². The van der Waals surface area contributed by atoms with Crippen molar-refractivity contribution in [1.82, 2.24) is 0 Å². The van der Waals surface area contributed by atoms with E-state index in [1.807, 2.05) is 0 Å². The number of hydrogen-bond acceptors (Lipinski definition) is 5. The van der Waals surface area contributed by atoms with Crippen LogP contribution in [0, 0.1) is 0 Å². The van der Waals surface area contributed by atoms with Crippen LogP contribution < -0.4 is 0 Å². The maximum atomic E-state index is 11.1. The van der Waals surface area contributed by atoms with Gasteiger partial charge in [-0.15, -0.1) is 11.8 Å². The molecule has 84 valence electrons. The maximum Gasteiger partial charge on any atom is 0.345 e. The van der Waals surface area contributed by atoms with E-state index in [2.05, 4.69) is 0 Å². The molecule has 1 aliphatic heterocycles. The highest BCUT2D eigenvalue weighted by Crippen LogP contribution is 2.42. The lowest BCUT2D eigenvalue weighted by Crippen LogP contribution is -2.52. The van der Waals surface area contributed by atoms with Crippen molar-refractivity contribution < 1.29 is 29.3 Å². The summed E-state index contributed by atoms with van der Waals surface area (Å²) in [7, 11) is 2.41. The molecule has 2 atom stereocenters. The summed E-state index contributed by atoms with van der Waals surface area (Å²) in [6.45, 7) is 0. The molecule has 0 aromatic carbocycles. The van der Waals surface area contributed by atoms with E-state index in [0.717, 1.165) is 18.9 Å². The Bertz CT molecular complexity index is 325. The van der Waals surface area contributed by atoms with Gasteiger partial charge in [0.2, 0.25) is 5.60 Å².